The third-order valence-electron chi connectivity index (χ3n) is 5.04. The molecule has 0 spiro atoms. The normalized spacial score (nSPS) is 18.2. The number of anilines is 1. The highest BCUT2D eigenvalue weighted by Crippen LogP contribution is 2.18. The Morgan fingerprint density at radius 1 is 1.15 bits per heavy atom. The van der Waals surface area contributed by atoms with Crippen LogP contribution in [0.3, 0.4) is 0 Å². The van der Waals surface area contributed by atoms with Crippen molar-refractivity contribution in [3.63, 3.8) is 0 Å². The molecule has 6 heteroatoms. The van der Waals surface area contributed by atoms with E-state index in [4.69, 9.17) is 0 Å². The molecule has 0 bridgehead atoms. The lowest BCUT2D eigenvalue weighted by Gasteiger charge is -2.24. The van der Waals surface area contributed by atoms with Crippen molar-refractivity contribution in [1.29, 1.82) is 0 Å². The van der Waals surface area contributed by atoms with Crippen LogP contribution in [0.25, 0.3) is 0 Å². The lowest BCUT2D eigenvalue weighted by molar-refractivity contribution is -0.129. The van der Waals surface area contributed by atoms with E-state index in [1.807, 2.05) is 36.0 Å². The topological polar surface area (TPSA) is 52.6 Å². The van der Waals surface area contributed by atoms with Crippen molar-refractivity contribution in [2.45, 2.75) is 19.9 Å². The first-order valence-electron chi connectivity index (χ1n) is 9.51. The van der Waals surface area contributed by atoms with Crippen LogP contribution in [-0.4, -0.2) is 65.9 Å². The molecule has 144 valence electrons. The van der Waals surface area contributed by atoms with Gasteiger partial charge in [0.1, 0.15) is 12.1 Å². The largest absolute Gasteiger partial charge is 0.363 e. The quantitative estimate of drug-likeness (QED) is 0.810. The van der Waals surface area contributed by atoms with Crippen molar-refractivity contribution >= 4 is 11.7 Å². The molecule has 1 fully saturated rings. The third-order valence-corrected chi connectivity index (χ3v) is 5.04. The fourth-order valence-corrected chi connectivity index (χ4v) is 3.62. The van der Waals surface area contributed by atoms with Crippen LogP contribution in [0.1, 0.15) is 18.2 Å². The summed E-state index contributed by atoms with van der Waals surface area (Å²) in [5, 5.41) is 0. The summed E-state index contributed by atoms with van der Waals surface area (Å²) >= 11 is 0. The summed E-state index contributed by atoms with van der Waals surface area (Å²) in [6, 6.07) is 12.6. The molecule has 27 heavy (non-hydrogen) atoms. The molecule has 1 aliphatic heterocycles. The van der Waals surface area contributed by atoms with Crippen LogP contribution in [0.2, 0.25) is 0 Å². The Bertz CT molecular complexity index is 749. The smallest absolute Gasteiger partial charge is 0.219 e. The SMILES string of the molecule is CC(=O)N1CCN(Cc2ccccc2)C[C@@H](Cc2cc(N(C)C)ncn2)C1. The number of amides is 1. The van der Waals surface area contributed by atoms with E-state index in [9.17, 15) is 4.79 Å². The van der Waals surface area contributed by atoms with Crippen molar-refractivity contribution in [2.24, 2.45) is 5.92 Å². The summed E-state index contributed by atoms with van der Waals surface area (Å²) in [7, 11) is 3.97. The molecule has 6 nitrogen and oxygen atoms in total. The second-order valence-corrected chi connectivity index (χ2v) is 7.52. The van der Waals surface area contributed by atoms with Crippen LogP contribution >= 0.6 is 0 Å². The molecule has 1 atom stereocenters. The lowest BCUT2D eigenvalue weighted by Crippen LogP contribution is -2.34. The minimum Gasteiger partial charge on any atom is -0.363 e. The van der Waals surface area contributed by atoms with E-state index in [0.717, 1.165) is 50.7 Å². The number of nitrogens with zero attached hydrogens (tertiary/aromatic N) is 5. The summed E-state index contributed by atoms with van der Waals surface area (Å²) in [5.74, 6) is 1.42. The molecular formula is C21H29N5O. The predicted octanol–water partition coefficient (Wildman–Crippen LogP) is 2.07. The molecule has 0 saturated carbocycles. The van der Waals surface area contributed by atoms with Gasteiger partial charge in [0, 0.05) is 65.5 Å². The summed E-state index contributed by atoms with van der Waals surface area (Å²) in [6.07, 6.45) is 2.48. The first-order valence-corrected chi connectivity index (χ1v) is 9.51. The van der Waals surface area contributed by atoms with Crippen LogP contribution in [0.4, 0.5) is 5.82 Å². The van der Waals surface area contributed by atoms with E-state index in [0.29, 0.717) is 5.92 Å². The molecule has 2 aromatic rings. The molecular weight excluding hydrogens is 338 g/mol. The van der Waals surface area contributed by atoms with Crippen molar-refractivity contribution in [1.82, 2.24) is 19.8 Å². The van der Waals surface area contributed by atoms with Crippen molar-refractivity contribution in [3.8, 4) is 0 Å². The maximum Gasteiger partial charge on any atom is 0.219 e. The Morgan fingerprint density at radius 3 is 2.63 bits per heavy atom. The Labute approximate surface area is 161 Å². The predicted molar refractivity (Wildman–Crippen MR) is 108 cm³/mol. The van der Waals surface area contributed by atoms with Crippen LogP contribution in [0.5, 0.6) is 0 Å². The second-order valence-electron chi connectivity index (χ2n) is 7.52. The molecule has 1 aromatic carbocycles. The second kappa shape index (κ2) is 8.95. The number of carbonyl (C=O) groups excluding carboxylic acids is 1. The molecule has 2 heterocycles. The zero-order chi connectivity index (χ0) is 19.2. The Hall–Kier alpha value is -2.47. The van der Waals surface area contributed by atoms with Crippen LogP contribution < -0.4 is 4.90 Å². The number of hydrogen-bond donors (Lipinski definition) is 0. The molecule has 3 rings (SSSR count). The molecule has 1 aromatic heterocycles. The fraction of sp³-hybridized carbons (Fsp3) is 0.476. The van der Waals surface area contributed by atoms with E-state index in [-0.39, 0.29) is 5.91 Å². The van der Waals surface area contributed by atoms with Crippen LogP contribution in [0.15, 0.2) is 42.7 Å². The van der Waals surface area contributed by atoms with Gasteiger partial charge in [-0.25, -0.2) is 9.97 Å². The molecule has 0 radical (unpaired) electrons. The molecule has 0 N–H and O–H groups in total. The minimum atomic E-state index is 0.151. The van der Waals surface area contributed by atoms with Crippen LogP contribution in [0, 0.1) is 5.92 Å². The maximum atomic E-state index is 12.0. The average Bonchev–Trinajstić information content (AvgIpc) is 2.85. The van der Waals surface area contributed by atoms with Crippen molar-refractivity contribution < 1.29 is 4.79 Å². The van der Waals surface area contributed by atoms with Gasteiger partial charge in [-0.05, 0) is 17.9 Å². The lowest BCUT2D eigenvalue weighted by atomic mass is 10.0. The molecule has 1 saturated heterocycles. The van der Waals surface area contributed by atoms with E-state index >= 15 is 0 Å². The van der Waals surface area contributed by atoms with E-state index in [1.54, 1.807) is 13.3 Å². The highest BCUT2D eigenvalue weighted by atomic mass is 16.2. The first kappa shape index (κ1) is 19.3. The molecule has 0 unspecified atom stereocenters. The monoisotopic (exact) mass is 367 g/mol. The highest BCUT2D eigenvalue weighted by Gasteiger charge is 2.25. The van der Waals surface area contributed by atoms with Gasteiger partial charge >= 0.3 is 0 Å². The van der Waals surface area contributed by atoms with Gasteiger partial charge in [0.05, 0.1) is 0 Å². The van der Waals surface area contributed by atoms with Crippen molar-refractivity contribution in [3.05, 3.63) is 54.0 Å². The Morgan fingerprint density at radius 2 is 1.93 bits per heavy atom. The minimum absolute atomic E-state index is 0.151. The number of benzene rings is 1. The van der Waals surface area contributed by atoms with E-state index in [2.05, 4.69) is 39.1 Å². The van der Waals surface area contributed by atoms with E-state index < -0.39 is 0 Å². The first-order chi connectivity index (χ1) is 13.0. The molecule has 1 aliphatic rings. The van der Waals surface area contributed by atoms with Gasteiger partial charge in [-0.15, -0.1) is 0 Å². The van der Waals surface area contributed by atoms with Gasteiger partial charge in [0.2, 0.25) is 5.91 Å². The van der Waals surface area contributed by atoms with Gasteiger partial charge in [-0.1, -0.05) is 30.3 Å². The van der Waals surface area contributed by atoms with Gasteiger partial charge in [-0.3, -0.25) is 9.69 Å². The Kier molecular flexibility index (Phi) is 6.40. The standard InChI is InChI=1S/C21H29N5O/c1-17(27)26-10-9-25(13-18-7-5-4-6-8-18)14-19(15-26)11-20-12-21(24(2)3)23-16-22-20/h4-8,12,16,19H,9-11,13-15H2,1-3H3/t19-/m1/s1. The third kappa shape index (κ3) is 5.50. The van der Waals surface area contributed by atoms with E-state index in [1.165, 1.54) is 5.56 Å². The Balaban J connectivity index is 1.74. The van der Waals surface area contributed by atoms with Gasteiger partial charge in [-0.2, -0.15) is 0 Å². The summed E-state index contributed by atoms with van der Waals surface area (Å²) < 4.78 is 0. The number of carbonyl (C=O) groups is 1. The van der Waals surface area contributed by atoms with Gasteiger partial charge < -0.3 is 9.80 Å². The number of hydrogen-bond acceptors (Lipinski definition) is 5. The summed E-state index contributed by atoms with van der Waals surface area (Å²) in [5.41, 5.74) is 2.34. The molecule has 1 amide bonds. The fourth-order valence-electron chi connectivity index (χ4n) is 3.62. The zero-order valence-electron chi connectivity index (χ0n) is 16.5. The van der Waals surface area contributed by atoms with Crippen LogP contribution in [-0.2, 0) is 17.8 Å². The summed E-state index contributed by atoms with van der Waals surface area (Å²) in [4.78, 5) is 27.2. The summed E-state index contributed by atoms with van der Waals surface area (Å²) in [6.45, 7) is 6.00. The van der Waals surface area contributed by atoms with Gasteiger partial charge in [0.25, 0.3) is 0 Å². The maximum absolute atomic E-state index is 12.0. The highest BCUT2D eigenvalue weighted by molar-refractivity contribution is 5.73. The van der Waals surface area contributed by atoms with Crippen molar-refractivity contribution in [2.75, 3.05) is 45.2 Å². The van der Waals surface area contributed by atoms with Gasteiger partial charge in [0.15, 0.2) is 0 Å². The zero-order valence-corrected chi connectivity index (χ0v) is 16.5. The average molecular weight is 367 g/mol. The number of rotatable bonds is 5. The molecule has 0 aliphatic carbocycles. The number of aromatic nitrogens is 2.